The van der Waals surface area contributed by atoms with E-state index in [1.807, 2.05) is 91.1 Å². The summed E-state index contributed by atoms with van der Waals surface area (Å²) in [4.78, 5) is 19.4. The van der Waals surface area contributed by atoms with Crippen LogP contribution in [0.1, 0.15) is 11.6 Å². The minimum atomic E-state index is -0.578. The molecule has 5 rings (SSSR count). The second-order valence-corrected chi connectivity index (χ2v) is 6.80. The highest BCUT2D eigenvalue weighted by molar-refractivity contribution is 6.05. The summed E-state index contributed by atoms with van der Waals surface area (Å²) in [7, 11) is 0. The van der Waals surface area contributed by atoms with Gasteiger partial charge in [-0.05, 0) is 42.0 Å². The van der Waals surface area contributed by atoms with Gasteiger partial charge in [-0.15, -0.1) is 0 Å². The summed E-state index contributed by atoms with van der Waals surface area (Å²) in [5, 5.41) is 1.05. The molecule has 4 aromatic rings. The number of benzene rings is 3. The zero-order valence-corrected chi connectivity index (χ0v) is 15.1. The van der Waals surface area contributed by atoms with Crippen LogP contribution in [0, 0.1) is 0 Å². The second-order valence-electron chi connectivity index (χ2n) is 6.80. The molecule has 1 aliphatic rings. The predicted octanol–water partition coefficient (Wildman–Crippen LogP) is 4.77. The molecule has 0 radical (unpaired) electrons. The Hall–Kier alpha value is -3.66. The lowest BCUT2D eigenvalue weighted by atomic mass is 9.90. The predicted molar refractivity (Wildman–Crippen MR) is 109 cm³/mol. The Morgan fingerprint density at radius 2 is 1.50 bits per heavy atom. The number of rotatable bonds is 4. The maximum absolute atomic E-state index is 13.0. The van der Waals surface area contributed by atoms with Crippen LogP contribution in [-0.2, 0) is 4.79 Å². The van der Waals surface area contributed by atoms with Gasteiger partial charge in [0.25, 0.3) is 5.91 Å². The molecule has 1 amide bonds. The van der Waals surface area contributed by atoms with Gasteiger partial charge in [-0.1, -0.05) is 54.6 Å². The smallest absolute Gasteiger partial charge is 0.271 e. The average molecular weight is 366 g/mol. The Bertz CT molecular complexity index is 1130. The molecule has 0 spiro atoms. The molecule has 0 aliphatic carbocycles. The first-order valence-corrected chi connectivity index (χ1v) is 9.26. The van der Waals surface area contributed by atoms with Crippen LogP contribution >= 0.6 is 0 Å². The lowest BCUT2D eigenvalue weighted by Gasteiger charge is -2.46. The van der Waals surface area contributed by atoms with Gasteiger partial charge in [0, 0.05) is 17.3 Å². The molecule has 0 N–H and O–H groups in total. The van der Waals surface area contributed by atoms with E-state index in [-0.39, 0.29) is 11.9 Å². The van der Waals surface area contributed by atoms with E-state index in [9.17, 15) is 4.79 Å². The Balaban J connectivity index is 1.56. The molecule has 0 bridgehead atoms. The number of hydrogen-bond donors (Lipinski definition) is 0. The Morgan fingerprint density at radius 1 is 0.821 bits per heavy atom. The van der Waals surface area contributed by atoms with Crippen molar-refractivity contribution in [2.45, 2.75) is 12.1 Å². The molecule has 1 aliphatic heterocycles. The fraction of sp³-hybridized carbons (Fsp3) is 0.0833. The number of fused-ring (bicyclic) bond motifs is 1. The summed E-state index contributed by atoms with van der Waals surface area (Å²) in [5.41, 5.74) is 2.75. The zero-order valence-electron chi connectivity index (χ0n) is 15.1. The highest BCUT2D eigenvalue weighted by Gasteiger charge is 2.51. The highest BCUT2D eigenvalue weighted by atomic mass is 16.5. The Morgan fingerprint density at radius 3 is 2.29 bits per heavy atom. The molecular weight excluding hydrogens is 348 g/mol. The Labute approximate surface area is 163 Å². The van der Waals surface area contributed by atoms with E-state index in [4.69, 9.17) is 4.74 Å². The molecule has 1 fully saturated rings. The van der Waals surface area contributed by atoms with Gasteiger partial charge in [0.2, 0.25) is 6.10 Å². The average Bonchev–Trinajstić information content (AvgIpc) is 2.76. The first-order valence-electron chi connectivity index (χ1n) is 9.26. The maximum Gasteiger partial charge on any atom is 0.271 e. The van der Waals surface area contributed by atoms with E-state index in [1.54, 1.807) is 4.90 Å². The van der Waals surface area contributed by atoms with Crippen LogP contribution in [0.3, 0.4) is 0 Å². The van der Waals surface area contributed by atoms with Gasteiger partial charge in [0.05, 0.1) is 5.52 Å². The van der Waals surface area contributed by atoms with Crippen LogP contribution < -0.4 is 9.64 Å². The zero-order chi connectivity index (χ0) is 18.9. The number of carbonyl (C=O) groups is 1. The quantitative estimate of drug-likeness (QED) is 0.489. The summed E-state index contributed by atoms with van der Waals surface area (Å²) in [6, 6.07) is 29.0. The number of aromatic nitrogens is 1. The third-order valence-electron chi connectivity index (χ3n) is 5.04. The van der Waals surface area contributed by atoms with E-state index in [0.29, 0.717) is 5.75 Å². The van der Waals surface area contributed by atoms with E-state index >= 15 is 0 Å². The van der Waals surface area contributed by atoms with Gasteiger partial charge in [-0.25, -0.2) is 0 Å². The third-order valence-corrected chi connectivity index (χ3v) is 5.04. The Kier molecular flexibility index (Phi) is 4.02. The fourth-order valence-electron chi connectivity index (χ4n) is 3.67. The monoisotopic (exact) mass is 366 g/mol. The number of β-lactam (4-membered cyclic amide) rings is 1. The molecule has 3 aromatic carbocycles. The molecule has 1 aromatic heterocycles. The normalized spacial score (nSPS) is 18.7. The van der Waals surface area contributed by atoms with Crippen molar-refractivity contribution >= 4 is 22.5 Å². The molecule has 28 heavy (non-hydrogen) atoms. The summed E-state index contributed by atoms with van der Waals surface area (Å²) < 4.78 is 6.07. The number of ether oxygens (including phenoxy) is 1. The molecule has 4 nitrogen and oxygen atoms in total. The standard InChI is InChI=1S/C24H18N2O2/c27-24-23(28-20-12-5-2-6-13-20)22(26(24)19-10-3-1-4-11-19)18-15-17-9-7-8-14-21(17)25-16-18/h1-16,22-23H/t22-,23+/m1/s1. The summed E-state index contributed by atoms with van der Waals surface area (Å²) in [5.74, 6) is 0.639. The van der Waals surface area contributed by atoms with Gasteiger partial charge in [-0.3, -0.25) is 14.7 Å². The van der Waals surface area contributed by atoms with Crippen molar-refractivity contribution in [3.05, 3.63) is 103 Å². The summed E-state index contributed by atoms with van der Waals surface area (Å²) in [6.07, 6.45) is 1.27. The fourth-order valence-corrected chi connectivity index (χ4v) is 3.67. The van der Waals surface area contributed by atoms with E-state index in [1.165, 1.54) is 0 Å². The van der Waals surface area contributed by atoms with Crippen LogP contribution in [0.2, 0.25) is 0 Å². The van der Waals surface area contributed by atoms with Crippen molar-refractivity contribution in [3.63, 3.8) is 0 Å². The minimum absolute atomic E-state index is 0.0480. The topological polar surface area (TPSA) is 42.4 Å². The van der Waals surface area contributed by atoms with Crippen LogP contribution in [0.15, 0.2) is 97.2 Å². The molecular formula is C24H18N2O2. The van der Waals surface area contributed by atoms with Crippen molar-refractivity contribution in [2.75, 3.05) is 4.90 Å². The van der Waals surface area contributed by atoms with Crippen molar-refractivity contribution in [1.29, 1.82) is 0 Å². The molecule has 0 saturated carbocycles. The van der Waals surface area contributed by atoms with Crippen LogP contribution in [0.4, 0.5) is 5.69 Å². The largest absolute Gasteiger partial charge is 0.478 e. The van der Waals surface area contributed by atoms with Gasteiger partial charge >= 0.3 is 0 Å². The van der Waals surface area contributed by atoms with Crippen molar-refractivity contribution in [1.82, 2.24) is 4.98 Å². The maximum atomic E-state index is 13.0. The number of nitrogens with zero attached hydrogens (tertiary/aromatic N) is 2. The lowest BCUT2D eigenvalue weighted by Crippen LogP contribution is -2.61. The van der Waals surface area contributed by atoms with Crippen molar-refractivity contribution in [2.24, 2.45) is 0 Å². The van der Waals surface area contributed by atoms with Crippen molar-refractivity contribution in [3.8, 4) is 5.75 Å². The molecule has 0 unspecified atom stereocenters. The van der Waals surface area contributed by atoms with Gasteiger partial charge in [0.1, 0.15) is 11.8 Å². The SMILES string of the molecule is O=C1[C@@H](Oc2ccccc2)[C@@H](c2cnc3ccccc3c2)N1c1ccccc1. The minimum Gasteiger partial charge on any atom is -0.478 e. The molecule has 4 heteroatoms. The first-order chi connectivity index (χ1) is 13.8. The number of anilines is 1. The van der Waals surface area contributed by atoms with Crippen LogP contribution in [-0.4, -0.2) is 17.0 Å². The third kappa shape index (κ3) is 2.79. The first kappa shape index (κ1) is 16.5. The molecule has 2 atom stereocenters. The number of amides is 1. The number of pyridine rings is 1. The van der Waals surface area contributed by atoms with E-state index in [2.05, 4.69) is 11.1 Å². The van der Waals surface area contributed by atoms with Gasteiger partial charge in [0.15, 0.2) is 0 Å². The number of carbonyl (C=O) groups excluding carboxylic acids is 1. The van der Waals surface area contributed by atoms with Gasteiger partial charge in [-0.2, -0.15) is 0 Å². The molecule has 136 valence electrons. The van der Waals surface area contributed by atoms with Crippen molar-refractivity contribution < 1.29 is 9.53 Å². The lowest BCUT2D eigenvalue weighted by molar-refractivity contribution is -0.135. The highest BCUT2D eigenvalue weighted by Crippen LogP contribution is 2.41. The second kappa shape index (κ2) is 6.82. The van der Waals surface area contributed by atoms with E-state index < -0.39 is 6.10 Å². The molecule has 1 saturated heterocycles. The summed E-state index contributed by atoms with van der Waals surface area (Å²) >= 11 is 0. The molecule has 2 heterocycles. The number of hydrogen-bond acceptors (Lipinski definition) is 3. The number of para-hydroxylation sites is 3. The van der Waals surface area contributed by atoms with Gasteiger partial charge < -0.3 is 4.74 Å². The van der Waals surface area contributed by atoms with Crippen LogP contribution in [0.5, 0.6) is 5.75 Å². The van der Waals surface area contributed by atoms with E-state index in [0.717, 1.165) is 22.2 Å². The van der Waals surface area contributed by atoms with Crippen LogP contribution in [0.25, 0.3) is 10.9 Å². The summed E-state index contributed by atoms with van der Waals surface area (Å²) in [6.45, 7) is 0.